The Bertz CT molecular complexity index is 981. The molecule has 2 fully saturated rings. The van der Waals surface area contributed by atoms with Crippen LogP contribution in [0.4, 0.5) is 0 Å². The Balaban J connectivity index is 1.57. The fourth-order valence-corrected chi connectivity index (χ4v) is 5.45. The molecule has 4 nitrogen and oxygen atoms in total. The Kier molecular flexibility index (Phi) is 4.77. The summed E-state index contributed by atoms with van der Waals surface area (Å²) in [4.78, 5) is 18.0. The lowest BCUT2D eigenvalue weighted by Crippen LogP contribution is -2.32. The number of nitrogens with zero attached hydrogens (tertiary/aromatic N) is 1. The minimum atomic E-state index is -0.356. The number of ether oxygens (including phenoxy) is 1. The molecule has 2 aromatic rings. The molecule has 0 radical (unpaired) electrons. The Morgan fingerprint density at radius 3 is 2.68 bits per heavy atom. The monoisotopic (exact) mass is 443 g/mol. The summed E-state index contributed by atoms with van der Waals surface area (Å²) in [5.74, 6) is 0.962. The first kappa shape index (κ1) is 19.4. The lowest BCUT2D eigenvalue weighted by Gasteiger charge is -2.34. The van der Waals surface area contributed by atoms with Crippen molar-refractivity contribution < 1.29 is 14.4 Å². The summed E-state index contributed by atoms with van der Waals surface area (Å²) in [6.45, 7) is 6.89. The molecule has 5 heteroatoms. The van der Waals surface area contributed by atoms with Crippen LogP contribution in [0.2, 0.25) is 0 Å². The Labute approximate surface area is 174 Å². The van der Waals surface area contributed by atoms with Gasteiger partial charge in [0.05, 0.1) is 19.2 Å². The number of fused-ring (bicyclic) bond motifs is 3. The molecule has 148 valence electrons. The van der Waals surface area contributed by atoms with Crippen molar-refractivity contribution in [3.05, 3.63) is 40.4 Å². The van der Waals surface area contributed by atoms with E-state index in [4.69, 9.17) is 9.57 Å². The van der Waals surface area contributed by atoms with Gasteiger partial charge in [-0.05, 0) is 59.6 Å². The molecule has 2 atom stereocenters. The van der Waals surface area contributed by atoms with Gasteiger partial charge in [0.1, 0.15) is 5.75 Å². The molecule has 0 N–H and O–H groups in total. The van der Waals surface area contributed by atoms with E-state index in [1.807, 2.05) is 30.3 Å². The molecule has 0 aromatic heterocycles. The first-order valence-electron chi connectivity index (χ1n) is 9.78. The van der Waals surface area contributed by atoms with Gasteiger partial charge < -0.3 is 9.57 Å². The molecule has 2 aliphatic rings. The zero-order valence-electron chi connectivity index (χ0n) is 16.8. The van der Waals surface area contributed by atoms with Crippen molar-refractivity contribution in [1.29, 1.82) is 0 Å². The van der Waals surface area contributed by atoms with Crippen LogP contribution in [0.15, 0.2) is 40.0 Å². The lowest BCUT2D eigenvalue weighted by molar-refractivity contribution is -0.142. The number of oxime groups is 1. The van der Waals surface area contributed by atoms with E-state index in [0.717, 1.165) is 39.4 Å². The van der Waals surface area contributed by atoms with Crippen molar-refractivity contribution in [2.45, 2.75) is 46.5 Å². The van der Waals surface area contributed by atoms with E-state index < -0.39 is 0 Å². The second kappa shape index (κ2) is 6.87. The van der Waals surface area contributed by atoms with Gasteiger partial charge in [0.2, 0.25) is 0 Å². The molecule has 28 heavy (non-hydrogen) atoms. The average molecular weight is 444 g/mol. The van der Waals surface area contributed by atoms with E-state index in [1.54, 1.807) is 7.11 Å². The van der Waals surface area contributed by atoms with Crippen LogP contribution in [0, 0.1) is 16.7 Å². The van der Waals surface area contributed by atoms with Gasteiger partial charge in [-0.1, -0.05) is 54.0 Å². The van der Waals surface area contributed by atoms with Crippen LogP contribution in [-0.2, 0) is 16.1 Å². The molecular weight excluding hydrogens is 418 g/mol. The highest BCUT2D eigenvalue weighted by molar-refractivity contribution is 9.10. The number of methoxy groups -OCH3 is 1. The highest BCUT2D eigenvalue weighted by Gasteiger charge is 2.60. The number of hydrogen-bond acceptors (Lipinski definition) is 4. The fourth-order valence-electron chi connectivity index (χ4n) is 5.07. The maximum atomic E-state index is 12.6. The Morgan fingerprint density at radius 2 is 2.04 bits per heavy atom. The lowest BCUT2D eigenvalue weighted by atomic mass is 9.70. The maximum Gasteiger partial charge on any atom is 0.339 e. The third kappa shape index (κ3) is 2.95. The standard InChI is InChI=1S/C23H26BrNO3/c1-22(2)15-9-10-23(22,3)20(12-15)25-28-21(26)13-18-17-7-6-16(24)11-14(17)5-8-19(18)27-4/h5-8,11,15H,9-10,12-13H2,1-4H3/b25-20+. The predicted molar refractivity (Wildman–Crippen MR) is 115 cm³/mol. The molecule has 4 rings (SSSR count). The molecule has 2 unspecified atom stereocenters. The number of halogens is 1. The van der Waals surface area contributed by atoms with Crippen LogP contribution < -0.4 is 4.74 Å². The molecular formula is C23H26BrNO3. The van der Waals surface area contributed by atoms with E-state index >= 15 is 0 Å². The summed E-state index contributed by atoms with van der Waals surface area (Å²) in [6, 6.07) is 9.88. The molecule has 0 saturated heterocycles. The molecule has 0 spiro atoms. The second-order valence-electron chi connectivity index (χ2n) is 8.78. The molecule has 2 saturated carbocycles. The highest BCUT2D eigenvalue weighted by Crippen LogP contribution is 2.64. The summed E-state index contributed by atoms with van der Waals surface area (Å²) in [5, 5.41) is 6.37. The minimum absolute atomic E-state index is 0.0291. The van der Waals surface area contributed by atoms with Gasteiger partial charge in [0, 0.05) is 15.5 Å². The number of carbonyl (C=O) groups excluding carboxylic acids is 1. The van der Waals surface area contributed by atoms with Gasteiger partial charge in [-0.25, -0.2) is 4.79 Å². The van der Waals surface area contributed by atoms with Gasteiger partial charge in [-0.2, -0.15) is 0 Å². The summed E-state index contributed by atoms with van der Waals surface area (Å²) >= 11 is 3.50. The zero-order chi connectivity index (χ0) is 20.1. The van der Waals surface area contributed by atoms with Crippen LogP contribution in [0.1, 0.15) is 45.6 Å². The van der Waals surface area contributed by atoms with Crippen molar-refractivity contribution in [1.82, 2.24) is 0 Å². The van der Waals surface area contributed by atoms with Gasteiger partial charge in [-0.3, -0.25) is 0 Å². The predicted octanol–water partition coefficient (Wildman–Crippen LogP) is 5.90. The SMILES string of the molecule is COc1ccc2cc(Br)ccc2c1CC(=O)O/N=C1\CC2CCC1(C)C2(C)C. The highest BCUT2D eigenvalue weighted by atomic mass is 79.9. The number of hydrogen-bond donors (Lipinski definition) is 0. The van der Waals surface area contributed by atoms with Crippen molar-refractivity contribution in [3.63, 3.8) is 0 Å². The van der Waals surface area contributed by atoms with Crippen LogP contribution in [0.3, 0.4) is 0 Å². The molecule has 0 heterocycles. The molecule has 2 bridgehead atoms. The zero-order valence-corrected chi connectivity index (χ0v) is 18.4. The third-order valence-electron chi connectivity index (χ3n) is 7.36. The van der Waals surface area contributed by atoms with Crippen molar-refractivity contribution in [2.75, 3.05) is 7.11 Å². The third-order valence-corrected chi connectivity index (χ3v) is 7.85. The molecule has 0 amide bonds. The summed E-state index contributed by atoms with van der Waals surface area (Å²) < 4.78 is 6.49. The van der Waals surface area contributed by atoms with Crippen LogP contribution in [0.5, 0.6) is 5.75 Å². The number of benzene rings is 2. The van der Waals surface area contributed by atoms with Crippen LogP contribution in [0.25, 0.3) is 10.8 Å². The smallest absolute Gasteiger partial charge is 0.339 e. The van der Waals surface area contributed by atoms with Gasteiger partial charge >= 0.3 is 5.97 Å². The Morgan fingerprint density at radius 1 is 1.25 bits per heavy atom. The van der Waals surface area contributed by atoms with E-state index in [9.17, 15) is 4.79 Å². The first-order valence-corrected chi connectivity index (χ1v) is 10.6. The topological polar surface area (TPSA) is 47.9 Å². The number of carbonyl (C=O) groups is 1. The second-order valence-corrected chi connectivity index (χ2v) is 9.70. The fraction of sp³-hybridized carbons (Fsp3) is 0.478. The van der Waals surface area contributed by atoms with Crippen molar-refractivity contribution in [3.8, 4) is 5.75 Å². The van der Waals surface area contributed by atoms with Gasteiger partial charge in [0.15, 0.2) is 0 Å². The number of rotatable bonds is 4. The maximum absolute atomic E-state index is 12.6. The van der Waals surface area contributed by atoms with Gasteiger partial charge in [-0.15, -0.1) is 0 Å². The summed E-state index contributed by atoms with van der Waals surface area (Å²) in [7, 11) is 1.62. The van der Waals surface area contributed by atoms with Crippen molar-refractivity contribution >= 4 is 38.4 Å². The molecule has 0 aliphatic heterocycles. The summed E-state index contributed by atoms with van der Waals surface area (Å²) in [6.07, 6.45) is 3.41. The quantitative estimate of drug-likeness (QED) is 0.436. The molecule has 2 aromatic carbocycles. The largest absolute Gasteiger partial charge is 0.496 e. The van der Waals surface area contributed by atoms with Gasteiger partial charge in [0.25, 0.3) is 0 Å². The normalized spacial score (nSPS) is 26.8. The van der Waals surface area contributed by atoms with Crippen molar-refractivity contribution in [2.24, 2.45) is 21.9 Å². The van der Waals surface area contributed by atoms with E-state index in [-0.39, 0.29) is 23.2 Å². The van der Waals surface area contributed by atoms with E-state index in [2.05, 4.69) is 41.9 Å². The minimum Gasteiger partial charge on any atom is -0.496 e. The van der Waals surface area contributed by atoms with E-state index in [1.165, 1.54) is 6.42 Å². The summed E-state index contributed by atoms with van der Waals surface area (Å²) in [5.41, 5.74) is 2.11. The Hall–Kier alpha value is -1.88. The first-order chi connectivity index (χ1) is 13.3. The van der Waals surface area contributed by atoms with Crippen LogP contribution >= 0.6 is 15.9 Å². The van der Waals surface area contributed by atoms with E-state index in [0.29, 0.717) is 11.7 Å². The molecule has 2 aliphatic carbocycles. The van der Waals surface area contributed by atoms with Crippen LogP contribution in [-0.4, -0.2) is 18.8 Å². The average Bonchev–Trinajstić information content (AvgIpc) is 2.99.